The van der Waals surface area contributed by atoms with Crippen LogP contribution >= 0.6 is 9.03 Å². The monoisotopic (exact) mass is 228 g/mol. The largest absolute Gasteiger partial charge is 0.467 e. The van der Waals surface area contributed by atoms with Crippen LogP contribution in [0.4, 0.5) is 0 Å². The van der Waals surface area contributed by atoms with Crippen molar-refractivity contribution in [1.82, 2.24) is 0 Å². The molecule has 0 aliphatic carbocycles. The number of ether oxygens (including phenoxy) is 1. The molecule has 0 N–H and O–H groups in total. The number of esters is 1. The average Bonchev–Trinajstić information content (AvgIpc) is 2.26. The molecular weight excluding hydrogens is 215 g/mol. The highest BCUT2D eigenvalue weighted by molar-refractivity contribution is 7.26. The maximum atomic E-state index is 10.7. The molecule has 1 aromatic carbocycles. The van der Waals surface area contributed by atoms with Crippen molar-refractivity contribution in [2.75, 3.05) is 13.7 Å². The maximum Gasteiger partial charge on any atom is 0.332 e. The molecule has 1 aromatic rings. The first-order valence-electron chi connectivity index (χ1n) is 4.39. The molecule has 4 nitrogen and oxygen atoms in total. The molecule has 0 saturated carbocycles. The second kappa shape index (κ2) is 6.38. The van der Waals surface area contributed by atoms with E-state index in [4.69, 9.17) is 9.05 Å². The van der Waals surface area contributed by atoms with Gasteiger partial charge in [-0.05, 0) is 19.1 Å². The number of hydrogen-bond acceptors (Lipinski definition) is 4. The Bertz CT molecular complexity index is 310. The molecule has 1 rings (SSSR count). The van der Waals surface area contributed by atoms with Crippen molar-refractivity contribution >= 4 is 15.0 Å². The lowest BCUT2D eigenvalue weighted by Gasteiger charge is -2.05. The van der Waals surface area contributed by atoms with Gasteiger partial charge in [-0.3, -0.25) is 0 Å². The van der Waals surface area contributed by atoms with Crippen molar-refractivity contribution in [3.63, 3.8) is 0 Å². The number of carbonyl (C=O) groups excluding carboxylic acids is 1. The quantitative estimate of drug-likeness (QED) is 0.439. The Morgan fingerprint density at radius 2 is 2.00 bits per heavy atom. The summed E-state index contributed by atoms with van der Waals surface area (Å²) >= 11 is 0. The van der Waals surface area contributed by atoms with E-state index in [1.807, 2.05) is 31.2 Å². The third kappa shape index (κ3) is 4.77. The highest BCUT2D eigenvalue weighted by Gasteiger charge is 2.00. The van der Waals surface area contributed by atoms with Crippen molar-refractivity contribution in [2.45, 2.75) is 6.92 Å². The van der Waals surface area contributed by atoms with Crippen molar-refractivity contribution < 1.29 is 18.6 Å². The summed E-state index contributed by atoms with van der Waals surface area (Å²) in [6, 6.07) is 7.59. The van der Waals surface area contributed by atoms with Gasteiger partial charge in [-0.25, -0.2) is 4.79 Å². The van der Waals surface area contributed by atoms with Gasteiger partial charge >= 0.3 is 5.97 Å². The van der Waals surface area contributed by atoms with E-state index in [0.29, 0.717) is 0 Å². The molecular formula is C10H13O4P. The minimum Gasteiger partial charge on any atom is -0.467 e. The average molecular weight is 228 g/mol. The van der Waals surface area contributed by atoms with Gasteiger partial charge in [0.15, 0.2) is 6.61 Å². The lowest BCUT2D eigenvalue weighted by molar-refractivity contribution is -0.142. The fourth-order valence-corrected chi connectivity index (χ4v) is 1.30. The number of aryl methyl sites for hydroxylation is 1. The molecule has 0 aliphatic heterocycles. The normalized spacial score (nSPS) is 10.5. The van der Waals surface area contributed by atoms with Gasteiger partial charge in [-0.1, -0.05) is 17.7 Å². The van der Waals surface area contributed by atoms with Gasteiger partial charge < -0.3 is 13.8 Å². The van der Waals surface area contributed by atoms with Gasteiger partial charge in [0.2, 0.25) is 9.03 Å². The van der Waals surface area contributed by atoms with Crippen LogP contribution in [0.15, 0.2) is 24.3 Å². The Kier molecular flexibility index (Phi) is 5.08. The summed E-state index contributed by atoms with van der Waals surface area (Å²) in [6.07, 6.45) is 0. The molecule has 0 aliphatic rings. The summed E-state index contributed by atoms with van der Waals surface area (Å²) in [4.78, 5) is 10.7. The Morgan fingerprint density at radius 3 is 2.60 bits per heavy atom. The zero-order valence-electron chi connectivity index (χ0n) is 8.65. The van der Waals surface area contributed by atoms with Crippen LogP contribution in [-0.2, 0) is 14.1 Å². The standard InChI is InChI=1S/C10H13O4P/c1-8-3-5-9(6-4-8)14-15-13-7-10(11)12-2/h3-6,15H,7H2,1-2H3. The minimum atomic E-state index is -0.407. The first-order valence-corrected chi connectivity index (χ1v) is 5.21. The fraction of sp³-hybridized carbons (Fsp3) is 0.300. The molecule has 0 radical (unpaired) electrons. The van der Waals surface area contributed by atoms with E-state index in [2.05, 4.69) is 4.74 Å². The van der Waals surface area contributed by atoms with Gasteiger partial charge in [0, 0.05) is 0 Å². The van der Waals surface area contributed by atoms with E-state index in [1.165, 1.54) is 12.7 Å². The van der Waals surface area contributed by atoms with E-state index in [9.17, 15) is 4.79 Å². The molecule has 0 saturated heterocycles. The zero-order chi connectivity index (χ0) is 11.1. The lowest BCUT2D eigenvalue weighted by Crippen LogP contribution is -2.06. The van der Waals surface area contributed by atoms with Crippen LogP contribution in [0, 0.1) is 6.92 Å². The van der Waals surface area contributed by atoms with Gasteiger partial charge in [-0.2, -0.15) is 0 Å². The SMILES string of the molecule is COC(=O)COPOc1ccc(C)cc1. The molecule has 0 spiro atoms. The summed E-state index contributed by atoms with van der Waals surface area (Å²) in [5.74, 6) is 0.318. The van der Waals surface area contributed by atoms with Gasteiger partial charge in [-0.15, -0.1) is 0 Å². The highest BCUT2D eigenvalue weighted by Crippen LogP contribution is 2.21. The third-order valence-corrected chi connectivity index (χ3v) is 2.24. The molecule has 0 bridgehead atoms. The Hall–Kier alpha value is -1.12. The summed E-state index contributed by atoms with van der Waals surface area (Å²) in [5.41, 5.74) is 1.17. The second-order valence-corrected chi connectivity index (χ2v) is 3.52. The van der Waals surface area contributed by atoms with Crippen LogP contribution in [0.2, 0.25) is 0 Å². The fourth-order valence-electron chi connectivity index (χ4n) is 0.831. The second-order valence-electron chi connectivity index (χ2n) is 2.86. The third-order valence-electron chi connectivity index (χ3n) is 1.66. The zero-order valence-corrected chi connectivity index (χ0v) is 9.65. The molecule has 0 fully saturated rings. The van der Waals surface area contributed by atoms with E-state index in [1.54, 1.807) is 0 Å². The van der Waals surface area contributed by atoms with Gasteiger partial charge in [0.05, 0.1) is 7.11 Å². The summed E-state index contributed by atoms with van der Waals surface area (Å²) < 4.78 is 14.6. The van der Waals surface area contributed by atoms with Crippen LogP contribution in [-0.4, -0.2) is 19.7 Å². The molecule has 1 atom stereocenters. The lowest BCUT2D eigenvalue weighted by atomic mass is 10.2. The molecule has 1 unspecified atom stereocenters. The molecule has 15 heavy (non-hydrogen) atoms. The molecule has 0 amide bonds. The highest BCUT2D eigenvalue weighted by atomic mass is 31.1. The van der Waals surface area contributed by atoms with Crippen LogP contribution in [0.1, 0.15) is 5.56 Å². The van der Waals surface area contributed by atoms with Crippen molar-refractivity contribution in [3.8, 4) is 5.75 Å². The number of methoxy groups -OCH3 is 1. The van der Waals surface area contributed by atoms with E-state index < -0.39 is 5.97 Å². The first kappa shape index (κ1) is 12.0. The smallest absolute Gasteiger partial charge is 0.332 e. The first-order chi connectivity index (χ1) is 7.22. The molecule has 0 aromatic heterocycles. The predicted octanol–water partition coefficient (Wildman–Crippen LogP) is 2.07. The van der Waals surface area contributed by atoms with Crippen molar-refractivity contribution in [1.29, 1.82) is 0 Å². The van der Waals surface area contributed by atoms with Crippen LogP contribution in [0.25, 0.3) is 0 Å². The van der Waals surface area contributed by atoms with E-state index in [0.717, 1.165) is 5.75 Å². The Balaban J connectivity index is 2.20. The van der Waals surface area contributed by atoms with E-state index >= 15 is 0 Å². The number of carbonyl (C=O) groups is 1. The summed E-state index contributed by atoms with van der Waals surface area (Å²) in [5, 5.41) is 0. The summed E-state index contributed by atoms with van der Waals surface area (Å²) in [7, 11) is 1.12. The maximum absolute atomic E-state index is 10.7. The Morgan fingerprint density at radius 1 is 1.33 bits per heavy atom. The minimum absolute atomic E-state index is 0.0825. The van der Waals surface area contributed by atoms with Crippen LogP contribution in [0.3, 0.4) is 0 Å². The van der Waals surface area contributed by atoms with E-state index in [-0.39, 0.29) is 15.6 Å². The van der Waals surface area contributed by atoms with Crippen LogP contribution < -0.4 is 4.52 Å². The van der Waals surface area contributed by atoms with Gasteiger partial charge in [0.25, 0.3) is 0 Å². The predicted molar refractivity (Wildman–Crippen MR) is 58.1 cm³/mol. The Labute approximate surface area is 90.5 Å². The molecule has 0 heterocycles. The number of hydrogen-bond donors (Lipinski definition) is 0. The number of rotatable bonds is 5. The molecule has 82 valence electrons. The van der Waals surface area contributed by atoms with Crippen LogP contribution in [0.5, 0.6) is 5.75 Å². The summed E-state index contributed by atoms with van der Waals surface area (Å²) in [6.45, 7) is 1.92. The topological polar surface area (TPSA) is 44.8 Å². The van der Waals surface area contributed by atoms with Crippen molar-refractivity contribution in [2.24, 2.45) is 0 Å². The van der Waals surface area contributed by atoms with Gasteiger partial charge in [0.1, 0.15) is 5.75 Å². The number of benzene rings is 1. The molecule has 5 heteroatoms. The van der Waals surface area contributed by atoms with Crippen molar-refractivity contribution in [3.05, 3.63) is 29.8 Å².